The molecule has 96 valence electrons. The van der Waals surface area contributed by atoms with Gasteiger partial charge in [-0.1, -0.05) is 18.7 Å². The Labute approximate surface area is 113 Å². The van der Waals surface area contributed by atoms with Crippen LogP contribution in [-0.2, 0) is 6.42 Å². The van der Waals surface area contributed by atoms with Crippen LogP contribution in [0, 0.1) is 0 Å². The fraction of sp³-hybridized carbons (Fsp3) is 0.125. The number of ether oxygens (including phenoxy) is 1. The number of hydrogen-bond acceptors (Lipinski definition) is 3. The van der Waals surface area contributed by atoms with Gasteiger partial charge >= 0.3 is 0 Å². The van der Waals surface area contributed by atoms with Crippen molar-refractivity contribution in [1.82, 2.24) is 9.97 Å². The number of rotatable bonds is 6. The van der Waals surface area contributed by atoms with Gasteiger partial charge in [0.15, 0.2) is 5.82 Å². The summed E-state index contributed by atoms with van der Waals surface area (Å²) in [5, 5.41) is 0. The molecule has 3 heteroatoms. The molecule has 0 saturated heterocycles. The van der Waals surface area contributed by atoms with Crippen LogP contribution in [0.4, 0.5) is 0 Å². The van der Waals surface area contributed by atoms with E-state index in [1.54, 1.807) is 6.08 Å². The Hall–Kier alpha value is -2.42. The molecule has 0 aliphatic rings. The molecule has 0 fully saturated rings. The van der Waals surface area contributed by atoms with Crippen molar-refractivity contribution in [2.24, 2.45) is 0 Å². The second-order valence-electron chi connectivity index (χ2n) is 4.03. The van der Waals surface area contributed by atoms with Crippen molar-refractivity contribution >= 4 is 0 Å². The smallest absolute Gasteiger partial charge is 0.159 e. The van der Waals surface area contributed by atoms with E-state index < -0.39 is 0 Å². The number of allylic oxidation sites excluding steroid dienone is 1. The van der Waals surface area contributed by atoms with Crippen LogP contribution >= 0.6 is 0 Å². The van der Waals surface area contributed by atoms with Crippen molar-refractivity contribution in [1.29, 1.82) is 0 Å². The topological polar surface area (TPSA) is 35.0 Å². The summed E-state index contributed by atoms with van der Waals surface area (Å²) in [6, 6.07) is 7.70. The Balaban J connectivity index is 2.12. The molecule has 3 nitrogen and oxygen atoms in total. The van der Waals surface area contributed by atoms with Gasteiger partial charge in [0, 0.05) is 18.0 Å². The van der Waals surface area contributed by atoms with Crippen LogP contribution in [0.5, 0.6) is 5.75 Å². The zero-order valence-corrected chi connectivity index (χ0v) is 10.7. The highest BCUT2D eigenvalue weighted by Gasteiger charge is 2.01. The predicted molar refractivity (Wildman–Crippen MR) is 77.1 cm³/mol. The van der Waals surface area contributed by atoms with Gasteiger partial charge in [0.2, 0.25) is 0 Å². The molecule has 0 saturated carbocycles. The van der Waals surface area contributed by atoms with Crippen molar-refractivity contribution in [2.45, 2.75) is 6.42 Å². The Morgan fingerprint density at radius 3 is 2.26 bits per heavy atom. The molecule has 0 N–H and O–H groups in total. The lowest BCUT2D eigenvalue weighted by atomic mass is 10.2. The molecule has 19 heavy (non-hydrogen) atoms. The average molecular weight is 252 g/mol. The monoisotopic (exact) mass is 252 g/mol. The van der Waals surface area contributed by atoms with Gasteiger partial charge in [0.25, 0.3) is 0 Å². The van der Waals surface area contributed by atoms with E-state index >= 15 is 0 Å². The second kappa shape index (κ2) is 6.50. The SMILES string of the molecule is C=CCOc1ccc(-c2ncc(CC=C)cn2)cc1. The predicted octanol–water partition coefficient (Wildman–Crippen LogP) is 3.44. The lowest BCUT2D eigenvalue weighted by molar-refractivity contribution is 0.363. The molecule has 1 aromatic carbocycles. The Kier molecular flexibility index (Phi) is 4.45. The van der Waals surface area contributed by atoms with Gasteiger partial charge in [0.05, 0.1) is 0 Å². The summed E-state index contributed by atoms with van der Waals surface area (Å²) in [5.74, 6) is 1.52. The summed E-state index contributed by atoms with van der Waals surface area (Å²) >= 11 is 0. The van der Waals surface area contributed by atoms with Gasteiger partial charge in [-0.25, -0.2) is 9.97 Å². The third-order valence-electron chi connectivity index (χ3n) is 2.57. The zero-order valence-electron chi connectivity index (χ0n) is 10.7. The molecule has 0 spiro atoms. The lowest BCUT2D eigenvalue weighted by Crippen LogP contribution is -1.94. The van der Waals surface area contributed by atoms with Gasteiger partial charge in [-0.3, -0.25) is 0 Å². The van der Waals surface area contributed by atoms with Crippen LogP contribution in [0.1, 0.15) is 5.56 Å². The summed E-state index contributed by atoms with van der Waals surface area (Å²) in [6.07, 6.45) is 7.99. The maximum atomic E-state index is 5.43. The standard InChI is InChI=1S/C16H16N2O/c1-3-5-13-11-17-16(18-12-13)14-6-8-15(9-7-14)19-10-4-2/h3-4,6-9,11-12H,1-2,5,10H2. The first kappa shape index (κ1) is 13.0. The highest BCUT2D eigenvalue weighted by Crippen LogP contribution is 2.19. The van der Waals surface area contributed by atoms with E-state index in [0.717, 1.165) is 23.3 Å². The first-order valence-electron chi connectivity index (χ1n) is 6.09. The van der Waals surface area contributed by atoms with E-state index in [1.165, 1.54) is 0 Å². The molecule has 2 rings (SSSR count). The van der Waals surface area contributed by atoms with E-state index in [0.29, 0.717) is 12.4 Å². The fourth-order valence-corrected chi connectivity index (χ4v) is 1.63. The van der Waals surface area contributed by atoms with Crippen LogP contribution in [0.15, 0.2) is 62.0 Å². The second-order valence-corrected chi connectivity index (χ2v) is 4.03. The van der Waals surface area contributed by atoms with E-state index in [9.17, 15) is 0 Å². The van der Waals surface area contributed by atoms with Gasteiger partial charge < -0.3 is 4.74 Å². The highest BCUT2D eigenvalue weighted by molar-refractivity contribution is 5.55. The Morgan fingerprint density at radius 2 is 1.68 bits per heavy atom. The molecular weight excluding hydrogens is 236 g/mol. The maximum Gasteiger partial charge on any atom is 0.159 e. The third kappa shape index (κ3) is 3.52. The minimum absolute atomic E-state index is 0.506. The molecular formula is C16H16N2O. The molecule has 1 aromatic heterocycles. The molecule has 0 unspecified atom stereocenters. The highest BCUT2D eigenvalue weighted by atomic mass is 16.5. The van der Waals surface area contributed by atoms with E-state index in [4.69, 9.17) is 4.74 Å². The van der Waals surface area contributed by atoms with Crippen molar-refractivity contribution < 1.29 is 4.74 Å². The molecule has 0 aliphatic heterocycles. The Morgan fingerprint density at radius 1 is 1.00 bits per heavy atom. The zero-order chi connectivity index (χ0) is 13.5. The van der Waals surface area contributed by atoms with Crippen LogP contribution in [0.2, 0.25) is 0 Å². The molecule has 1 heterocycles. The Bertz CT molecular complexity index is 544. The summed E-state index contributed by atoms with van der Waals surface area (Å²) in [5.41, 5.74) is 2.03. The van der Waals surface area contributed by atoms with Gasteiger partial charge in [-0.2, -0.15) is 0 Å². The van der Waals surface area contributed by atoms with Crippen LogP contribution in [0.25, 0.3) is 11.4 Å². The van der Waals surface area contributed by atoms with Crippen molar-refractivity contribution in [3.8, 4) is 17.1 Å². The molecule has 0 atom stereocenters. The molecule has 2 aromatic rings. The first-order chi connectivity index (χ1) is 9.33. The minimum atomic E-state index is 0.506. The summed E-state index contributed by atoms with van der Waals surface area (Å²) in [4.78, 5) is 8.69. The van der Waals surface area contributed by atoms with E-state index in [-0.39, 0.29) is 0 Å². The summed E-state index contributed by atoms with van der Waals surface area (Å²) in [7, 11) is 0. The van der Waals surface area contributed by atoms with Gasteiger partial charge in [-0.15, -0.1) is 6.58 Å². The molecule has 0 aliphatic carbocycles. The number of benzene rings is 1. The molecule has 0 bridgehead atoms. The van der Waals surface area contributed by atoms with Crippen LogP contribution < -0.4 is 4.74 Å². The van der Waals surface area contributed by atoms with Gasteiger partial charge in [-0.05, 0) is 36.2 Å². The average Bonchev–Trinajstić information content (AvgIpc) is 2.47. The summed E-state index contributed by atoms with van der Waals surface area (Å²) in [6.45, 7) is 7.81. The van der Waals surface area contributed by atoms with Crippen molar-refractivity contribution in [2.75, 3.05) is 6.61 Å². The van der Waals surface area contributed by atoms with Crippen molar-refractivity contribution in [3.05, 3.63) is 67.5 Å². The maximum absolute atomic E-state index is 5.43. The van der Waals surface area contributed by atoms with Crippen LogP contribution in [0.3, 0.4) is 0 Å². The first-order valence-corrected chi connectivity index (χ1v) is 6.09. The molecule has 0 amide bonds. The van der Waals surface area contributed by atoms with E-state index in [2.05, 4.69) is 23.1 Å². The third-order valence-corrected chi connectivity index (χ3v) is 2.57. The molecule has 0 radical (unpaired) electrons. The van der Waals surface area contributed by atoms with Crippen LogP contribution in [-0.4, -0.2) is 16.6 Å². The minimum Gasteiger partial charge on any atom is -0.490 e. The number of aromatic nitrogens is 2. The summed E-state index contributed by atoms with van der Waals surface area (Å²) < 4.78 is 5.43. The number of hydrogen-bond donors (Lipinski definition) is 0. The van der Waals surface area contributed by atoms with Crippen molar-refractivity contribution in [3.63, 3.8) is 0 Å². The van der Waals surface area contributed by atoms with Gasteiger partial charge in [0.1, 0.15) is 12.4 Å². The fourth-order valence-electron chi connectivity index (χ4n) is 1.63. The largest absolute Gasteiger partial charge is 0.490 e. The normalized spacial score (nSPS) is 9.89. The number of nitrogens with zero attached hydrogens (tertiary/aromatic N) is 2. The quantitative estimate of drug-likeness (QED) is 0.739. The van der Waals surface area contributed by atoms with E-state index in [1.807, 2.05) is 42.7 Å². The lowest BCUT2D eigenvalue weighted by Gasteiger charge is -2.04.